The molecule has 0 saturated carbocycles. The molecule has 0 aromatic rings. The Labute approximate surface area is 101 Å². The molecule has 1 unspecified atom stereocenters. The van der Waals surface area contributed by atoms with E-state index in [-0.39, 0.29) is 0 Å². The van der Waals surface area contributed by atoms with E-state index in [0.717, 1.165) is 11.9 Å². The van der Waals surface area contributed by atoms with Crippen LogP contribution in [0.2, 0.25) is 0 Å². The van der Waals surface area contributed by atoms with Gasteiger partial charge in [0.15, 0.2) is 0 Å². The van der Waals surface area contributed by atoms with Crippen molar-refractivity contribution in [3.8, 4) is 0 Å². The van der Waals surface area contributed by atoms with Gasteiger partial charge in [0, 0.05) is 11.9 Å². The van der Waals surface area contributed by atoms with Crippen molar-refractivity contribution in [1.82, 2.24) is 4.90 Å². The third-order valence-corrected chi connectivity index (χ3v) is 3.31. The second kappa shape index (κ2) is 10.8. The Bertz CT molecular complexity index is 126. The molecule has 0 aromatic carbocycles. The molecule has 0 N–H and O–H groups in total. The summed E-state index contributed by atoms with van der Waals surface area (Å²) < 4.78 is 0. The van der Waals surface area contributed by atoms with Crippen molar-refractivity contribution in [3.63, 3.8) is 0 Å². The first-order chi connectivity index (χ1) is 7.22. The molecule has 92 valence electrons. The number of hydrogen-bond acceptors (Lipinski definition) is 1. The molecular weight excluding hydrogens is 206 g/mol. The molecule has 1 atom stereocenters. The van der Waals surface area contributed by atoms with Crippen molar-refractivity contribution in [2.45, 2.75) is 64.3 Å². The Morgan fingerprint density at radius 1 is 0.933 bits per heavy atom. The van der Waals surface area contributed by atoms with E-state index in [1.54, 1.807) is 0 Å². The van der Waals surface area contributed by atoms with Crippen LogP contribution in [-0.4, -0.2) is 30.9 Å². The Morgan fingerprint density at radius 3 is 2.00 bits per heavy atom. The van der Waals surface area contributed by atoms with Gasteiger partial charge in [-0.2, -0.15) is 0 Å². The standard InChI is InChI=1S/C13H28ClN/c1-4-5-6-7-10-13(15(2)3)11-8-9-12-14/h13H,4-12H2,1-3H3. The van der Waals surface area contributed by atoms with Crippen LogP contribution in [0, 0.1) is 0 Å². The van der Waals surface area contributed by atoms with Gasteiger partial charge in [0.25, 0.3) is 0 Å². The van der Waals surface area contributed by atoms with Crippen LogP contribution in [0.15, 0.2) is 0 Å². The van der Waals surface area contributed by atoms with Crippen LogP contribution in [0.25, 0.3) is 0 Å². The Morgan fingerprint density at radius 2 is 1.53 bits per heavy atom. The van der Waals surface area contributed by atoms with Gasteiger partial charge >= 0.3 is 0 Å². The minimum absolute atomic E-state index is 0.769. The third kappa shape index (κ3) is 9.19. The Kier molecular flexibility index (Phi) is 10.9. The summed E-state index contributed by atoms with van der Waals surface area (Å²) in [6.07, 6.45) is 10.6. The highest BCUT2D eigenvalue weighted by atomic mass is 35.5. The van der Waals surface area contributed by atoms with E-state index in [4.69, 9.17) is 11.6 Å². The quantitative estimate of drug-likeness (QED) is 0.402. The Balaban J connectivity index is 3.54. The molecule has 0 bridgehead atoms. The minimum Gasteiger partial charge on any atom is -0.306 e. The predicted molar refractivity (Wildman–Crippen MR) is 70.8 cm³/mol. The monoisotopic (exact) mass is 233 g/mol. The zero-order valence-electron chi connectivity index (χ0n) is 10.8. The molecule has 0 amide bonds. The van der Waals surface area contributed by atoms with Gasteiger partial charge in [-0.1, -0.05) is 39.0 Å². The number of hydrogen-bond donors (Lipinski definition) is 0. The van der Waals surface area contributed by atoms with Gasteiger partial charge < -0.3 is 4.90 Å². The molecule has 1 nitrogen and oxygen atoms in total. The summed E-state index contributed by atoms with van der Waals surface area (Å²) in [5.41, 5.74) is 0. The summed E-state index contributed by atoms with van der Waals surface area (Å²) >= 11 is 5.70. The largest absolute Gasteiger partial charge is 0.306 e. The van der Waals surface area contributed by atoms with Gasteiger partial charge in [-0.3, -0.25) is 0 Å². The number of unbranched alkanes of at least 4 members (excludes halogenated alkanes) is 4. The molecule has 0 radical (unpaired) electrons. The Hall–Kier alpha value is 0.250. The molecule has 0 saturated heterocycles. The molecule has 0 aliphatic carbocycles. The summed E-state index contributed by atoms with van der Waals surface area (Å²) in [5, 5.41) is 0. The maximum absolute atomic E-state index is 5.70. The SMILES string of the molecule is CCCCCCC(CCCCCl)N(C)C. The van der Waals surface area contributed by atoms with Crippen LogP contribution in [0.1, 0.15) is 58.3 Å². The average molecular weight is 234 g/mol. The van der Waals surface area contributed by atoms with E-state index in [0.29, 0.717) is 0 Å². The number of nitrogens with zero attached hydrogens (tertiary/aromatic N) is 1. The molecular formula is C13H28ClN. The van der Waals surface area contributed by atoms with E-state index in [9.17, 15) is 0 Å². The van der Waals surface area contributed by atoms with Crippen LogP contribution in [0.4, 0.5) is 0 Å². The molecule has 0 aliphatic rings. The zero-order chi connectivity index (χ0) is 11.5. The van der Waals surface area contributed by atoms with Gasteiger partial charge in [-0.05, 0) is 33.4 Å². The molecule has 0 aliphatic heterocycles. The van der Waals surface area contributed by atoms with E-state index >= 15 is 0 Å². The summed E-state index contributed by atoms with van der Waals surface area (Å²) in [7, 11) is 4.40. The van der Waals surface area contributed by atoms with Crippen LogP contribution in [0.3, 0.4) is 0 Å². The maximum atomic E-state index is 5.70. The lowest BCUT2D eigenvalue weighted by molar-refractivity contribution is 0.253. The maximum Gasteiger partial charge on any atom is 0.0223 e. The molecule has 0 rings (SSSR count). The molecule has 2 heteroatoms. The normalized spacial score (nSPS) is 13.4. The van der Waals surface area contributed by atoms with E-state index in [1.807, 2.05) is 0 Å². The first-order valence-electron chi connectivity index (χ1n) is 6.44. The van der Waals surface area contributed by atoms with E-state index < -0.39 is 0 Å². The summed E-state index contributed by atoms with van der Waals surface area (Å²) in [6, 6.07) is 0.769. The lowest BCUT2D eigenvalue weighted by atomic mass is 10.0. The third-order valence-electron chi connectivity index (χ3n) is 3.04. The fourth-order valence-corrected chi connectivity index (χ4v) is 2.13. The molecule has 0 aromatic heterocycles. The van der Waals surface area contributed by atoms with E-state index in [1.165, 1.54) is 51.4 Å². The van der Waals surface area contributed by atoms with Crippen LogP contribution >= 0.6 is 11.6 Å². The average Bonchev–Trinajstić information content (AvgIpc) is 2.21. The molecule has 0 fully saturated rings. The van der Waals surface area contributed by atoms with Gasteiger partial charge in [0.05, 0.1) is 0 Å². The van der Waals surface area contributed by atoms with Gasteiger partial charge in [0.1, 0.15) is 0 Å². The summed E-state index contributed by atoms with van der Waals surface area (Å²) in [4.78, 5) is 2.38. The van der Waals surface area contributed by atoms with Gasteiger partial charge in [-0.15, -0.1) is 11.6 Å². The highest BCUT2D eigenvalue weighted by Gasteiger charge is 2.09. The molecule has 0 heterocycles. The van der Waals surface area contributed by atoms with Crippen LogP contribution < -0.4 is 0 Å². The molecule has 15 heavy (non-hydrogen) atoms. The van der Waals surface area contributed by atoms with Crippen LogP contribution in [-0.2, 0) is 0 Å². The summed E-state index contributed by atoms with van der Waals surface area (Å²) in [6.45, 7) is 2.27. The van der Waals surface area contributed by atoms with Gasteiger partial charge in [-0.25, -0.2) is 0 Å². The fraction of sp³-hybridized carbons (Fsp3) is 1.00. The van der Waals surface area contributed by atoms with Gasteiger partial charge in [0.2, 0.25) is 0 Å². The number of rotatable bonds is 10. The number of alkyl halides is 1. The van der Waals surface area contributed by atoms with Crippen molar-refractivity contribution >= 4 is 11.6 Å². The smallest absolute Gasteiger partial charge is 0.0223 e. The van der Waals surface area contributed by atoms with Crippen molar-refractivity contribution in [1.29, 1.82) is 0 Å². The lowest BCUT2D eigenvalue weighted by Crippen LogP contribution is -2.27. The second-order valence-corrected chi connectivity index (χ2v) is 5.03. The zero-order valence-corrected chi connectivity index (χ0v) is 11.5. The van der Waals surface area contributed by atoms with Crippen molar-refractivity contribution < 1.29 is 0 Å². The lowest BCUT2D eigenvalue weighted by Gasteiger charge is -2.24. The first kappa shape index (κ1) is 15.2. The van der Waals surface area contributed by atoms with Crippen molar-refractivity contribution in [3.05, 3.63) is 0 Å². The van der Waals surface area contributed by atoms with E-state index in [2.05, 4.69) is 25.9 Å². The van der Waals surface area contributed by atoms with Crippen molar-refractivity contribution in [2.24, 2.45) is 0 Å². The summed E-state index contributed by atoms with van der Waals surface area (Å²) in [5.74, 6) is 0.815. The second-order valence-electron chi connectivity index (χ2n) is 4.65. The highest BCUT2D eigenvalue weighted by molar-refractivity contribution is 6.17. The fourth-order valence-electron chi connectivity index (χ4n) is 1.94. The highest BCUT2D eigenvalue weighted by Crippen LogP contribution is 2.14. The van der Waals surface area contributed by atoms with Crippen LogP contribution in [0.5, 0.6) is 0 Å². The topological polar surface area (TPSA) is 3.24 Å². The number of halogens is 1. The first-order valence-corrected chi connectivity index (χ1v) is 6.98. The minimum atomic E-state index is 0.769. The predicted octanol–water partition coefficient (Wildman–Crippen LogP) is 4.30. The van der Waals surface area contributed by atoms with Crippen molar-refractivity contribution in [2.75, 3.05) is 20.0 Å². The molecule has 0 spiro atoms.